The van der Waals surface area contributed by atoms with Crippen molar-refractivity contribution in [2.24, 2.45) is 10.7 Å². The van der Waals surface area contributed by atoms with Gasteiger partial charge in [-0.15, -0.1) is 0 Å². The summed E-state index contributed by atoms with van der Waals surface area (Å²) in [6.45, 7) is 1.79. The molecule has 0 unspecified atom stereocenters. The van der Waals surface area contributed by atoms with E-state index in [1.807, 2.05) is 0 Å². The van der Waals surface area contributed by atoms with Crippen molar-refractivity contribution in [1.82, 2.24) is 5.32 Å². The van der Waals surface area contributed by atoms with Crippen LogP contribution in [0.4, 0.5) is 4.39 Å². The average Bonchev–Trinajstić information content (AvgIpc) is 2.77. The van der Waals surface area contributed by atoms with E-state index in [2.05, 4.69) is 10.3 Å². The summed E-state index contributed by atoms with van der Waals surface area (Å²) in [5, 5.41) is 3.21. The topological polar surface area (TPSA) is 68.9 Å². The zero-order valence-corrected chi connectivity index (χ0v) is 10.1. The molecule has 0 amide bonds. The third-order valence-electron chi connectivity index (χ3n) is 2.66. The van der Waals surface area contributed by atoms with Gasteiger partial charge in [-0.25, -0.2) is 9.38 Å². The summed E-state index contributed by atoms with van der Waals surface area (Å²) in [6.07, 6.45) is 0. The molecule has 0 bridgehead atoms. The Balaban J connectivity index is 1.83. The molecule has 1 aliphatic heterocycles. The van der Waals surface area contributed by atoms with Crippen LogP contribution in [0.15, 0.2) is 23.2 Å². The van der Waals surface area contributed by atoms with Gasteiger partial charge in [0.05, 0.1) is 7.11 Å². The second-order valence-electron chi connectivity index (χ2n) is 4.03. The molecule has 1 heterocycles. The lowest BCUT2D eigenvalue weighted by Gasteiger charge is -2.09. The van der Waals surface area contributed by atoms with Crippen molar-refractivity contribution < 1.29 is 13.9 Å². The smallest absolute Gasteiger partial charge is 0.282 e. The highest BCUT2D eigenvalue weighted by molar-refractivity contribution is 5.73. The van der Waals surface area contributed by atoms with Gasteiger partial charge < -0.3 is 20.5 Å². The predicted octanol–water partition coefficient (Wildman–Crippen LogP) is 0.637. The van der Waals surface area contributed by atoms with Gasteiger partial charge in [0.2, 0.25) is 0 Å². The number of benzene rings is 1. The highest BCUT2D eigenvalue weighted by Crippen LogP contribution is 2.18. The number of nitrogens with one attached hydrogen (secondary N) is 1. The SMILES string of the molecule is COc1cc(CNC[C@H]2COC(N)=N2)ccc1F. The summed E-state index contributed by atoms with van der Waals surface area (Å²) < 4.78 is 23.1. The van der Waals surface area contributed by atoms with Crippen LogP contribution in [0.2, 0.25) is 0 Å². The van der Waals surface area contributed by atoms with E-state index in [-0.39, 0.29) is 23.6 Å². The molecule has 0 spiro atoms. The molecule has 1 aromatic rings. The van der Waals surface area contributed by atoms with Crippen molar-refractivity contribution in [3.05, 3.63) is 29.6 Å². The van der Waals surface area contributed by atoms with Crippen LogP contribution in [0.3, 0.4) is 0 Å². The summed E-state index contributed by atoms with van der Waals surface area (Å²) in [7, 11) is 1.45. The fourth-order valence-corrected chi connectivity index (χ4v) is 1.74. The molecular formula is C12H16FN3O2. The second kappa shape index (κ2) is 5.68. The van der Waals surface area contributed by atoms with Crippen molar-refractivity contribution >= 4 is 6.02 Å². The molecule has 1 atom stereocenters. The number of rotatable bonds is 5. The Kier molecular flexibility index (Phi) is 3.99. The van der Waals surface area contributed by atoms with Gasteiger partial charge in [-0.1, -0.05) is 6.07 Å². The van der Waals surface area contributed by atoms with Gasteiger partial charge in [-0.05, 0) is 17.7 Å². The number of nitrogens with zero attached hydrogens (tertiary/aromatic N) is 1. The molecule has 3 N–H and O–H groups in total. The van der Waals surface area contributed by atoms with Crippen LogP contribution in [0.5, 0.6) is 5.75 Å². The molecule has 2 rings (SSSR count). The third kappa shape index (κ3) is 3.10. The summed E-state index contributed by atoms with van der Waals surface area (Å²) in [5.74, 6) is -0.108. The Bertz CT molecular complexity index is 451. The summed E-state index contributed by atoms with van der Waals surface area (Å²) in [5.41, 5.74) is 6.35. The molecule has 18 heavy (non-hydrogen) atoms. The normalized spacial score (nSPS) is 18.3. The number of amidine groups is 1. The zero-order valence-electron chi connectivity index (χ0n) is 10.1. The predicted molar refractivity (Wildman–Crippen MR) is 66.0 cm³/mol. The lowest BCUT2D eigenvalue weighted by Crippen LogP contribution is -2.26. The quantitative estimate of drug-likeness (QED) is 0.808. The largest absolute Gasteiger partial charge is 0.494 e. The first-order chi connectivity index (χ1) is 8.69. The van der Waals surface area contributed by atoms with Crippen LogP contribution < -0.4 is 15.8 Å². The lowest BCUT2D eigenvalue weighted by atomic mass is 10.2. The lowest BCUT2D eigenvalue weighted by molar-refractivity contribution is 0.309. The summed E-state index contributed by atoms with van der Waals surface area (Å²) in [4.78, 5) is 4.09. The van der Waals surface area contributed by atoms with Crippen LogP contribution in [0.25, 0.3) is 0 Å². The van der Waals surface area contributed by atoms with Crippen LogP contribution in [0.1, 0.15) is 5.56 Å². The van der Waals surface area contributed by atoms with Gasteiger partial charge in [0, 0.05) is 13.1 Å². The minimum Gasteiger partial charge on any atom is -0.494 e. The Morgan fingerprint density at radius 1 is 1.61 bits per heavy atom. The second-order valence-corrected chi connectivity index (χ2v) is 4.03. The highest BCUT2D eigenvalue weighted by Gasteiger charge is 2.15. The Hall–Kier alpha value is -1.82. The first kappa shape index (κ1) is 12.6. The molecule has 0 aromatic heterocycles. The summed E-state index contributed by atoms with van der Waals surface area (Å²) >= 11 is 0. The van der Waals surface area contributed by atoms with E-state index >= 15 is 0 Å². The van der Waals surface area contributed by atoms with Crippen molar-refractivity contribution in [2.75, 3.05) is 20.3 Å². The molecule has 1 aliphatic rings. The average molecular weight is 253 g/mol. The number of aliphatic imine (C=N–C) groups is 1. The van der Waals surface area contributed by atoms with Gasteiger partial charge in [0.15, 0.2) is 11.6 Å². The highest BCUT2D eigenvalue weighted by atomic mass is 19.1. The van der Waals surface area contributed by atoms with Crippen LogP contribution >= 0.6 is 0 Å². The van der Waals surface area contributed by atoms with E-state index in [1.165, 1.54) is 13.2 Å². The van der Waals surface area contributed by atoms with Crippen molar-refractivity contribution in [1.29, 1.82) is 0 Å². The zero-order chi connectivity index (χ0) is 13.0. The first-order valence-corrected chi connectivity index (χ1v) is 5.68. The van der Waals surface area contributed by atoms with E-state index in [1.54, 1.807) is 12.1 Å². The van der Waals surface area contributed by atoms with Gasteiger partial charge in [0.25, 0.3) is 6.02 Å². The van der Waals surface area contributed by atoms with Crippen molar-refractivity contribution in [2.45, 2.75) is 12.6 Å². The molecular weight excluding hydrogens is 237 g/mol. The van der Waals surface area contributed by atoms with Crippen LogP contribution in [-0.4, -0.2) is 32.3 Å². The van der Waals surface area contributed by atoms with Crippen LogP contribution in [0, 0.1) is 5.82 Å². The molecule has 98 valence electrons. The van der Waals surface area contributed by atoms with Crippen molar-refractivity contribution in [3.63, 3.8) is 0 Å². The number of nitrogens with two attached hydrogens (primary N) is 1. The number of methoxy groups -OCH3 is 1. The Labute approximate surface area is 105 Å². The van der Waals surface area contributed by atoms with Crippen LogP contribution in [-0.2, 0) is 11.3 Å². The number of ether oxygens (including phenoxy) is 2. The maximum Gasteiger partial charge on any atom is 0.282 e. The Morgan fingerprint density at radius 3 is 3.11 bits per heavy atom. The first-order valence-electron chi connectivity index (χ1n) is 5.68. The molecule has 0 saturated heterocycles. The van der Waals surface area contributed by atoms with Gasteiger partial charge in [-0.3, -0.25) is 0 Å². The fraction of sp³-hybridized carbons (Fsp3) is 0.417. The molecule has 0 radical (unpaired) electrons. The monoisotopic (exact) mass is 253 g/mol. The molecule has 6 heteroatoms. The van der Waals surface area contributed by atoms with Crippen molar-refractivity contribution in [3.8, 4) is 5.75 Å². The number of hydrogen-bond acceptors (Lipinski definition) is 5. The molecule has 0 aliphatic carbocycles. The van der Waals surface area contributed by atoms with E-state index in [4.69, 9.17) is 15.2 Å². The van der Waals surface area contributed by atoms with E-state index in [9.17, 15) is 4.39 Å². The third-order valence-corrected chi connectivity index (χ3v) is 2.66. The number of hydrogen-bond donors (Lipinski definition) is 2. The minimum absolute atomic E-state index is 0.0485. The van der Waals surface area contributed by atoms with E-state index in [0.29, 0.717) is 19.7 Å². The minimum atomic E-state index is -0.359. The van der Waals surface area contributed by atoms with E-state index < -0.39 is 0 Å². The fourth-order valence-electron chi connectivity index (χ4n) is 1.74. The molecule has 0 fully saturated rings. The van der Waals surface area contributed by atoms with Gasteiger partial charge in [0.1, 0.15) is 12.6 Å². The molecule has 5 nitrogen and oxygen atoms in total. The molecule has 0 saturated carbocycles. The van der Waals surface area contributed by atoms with E-state index in [0.717, 1.165) is 5.56 Å². The maximum atomic E-state index is 13.2. The van der Waals surface area contributed by atoms with Gasteiger partial charge >= 0.3 is 0 Å². The standard InChI is InChI=1S/C12H16FN3O2/c1-17-11-4-8(2-3-10(11)13)5-15-6-9-7-18-12(14)16-9/h2-4,9,15H,5-7H2,1H3,(H2,14,16)/t9-/m0/s1. The summed E-state index contributed by atoms with van der Waals surface area (Å²) in [6, 6.07) is 5.07. The molecule has 1 aromatic carbocycles. The van der Waals surface area contributed by atoms with Gasteiger partial charge in [-0.2, -0.15) is 0 Å². The number of halogens is 1. The Morgan fingerprint density at radius 2 is 2.44 bits per heavy atom. The maximum absolute atomic E-state index is 13.2.